The van der Waals surface area contributed by atoms with Crippen LogP contribution >= 0.6 is 0 Å². The molecule has 0 aliphatic rings. The first-order valence-corrected chi connectivity index (χ1v) is 8.57. The molecule has 0 aromatic heterocycles. The van der Waals surface area contributed by atoms with Gasteiger partial charge in [0.05, 0.1) is 0 Å². The van der Waals surface area contributed by atoms with E-state index in [2.05, 4.69) is 11.4 Å². The predicted octanol–water partition coefficient (Wildman–Crippen LogP) is 5.39. The van der Waals surface area contributed by atoms with E-state index in [9.17, 15) is 9.59 Å². The lowest BCUT2D eigenvalue weighted by Crippen LogP contribution is -1.96. The van der Waals surface area contributed by atoms with Crippen LogP contribution in [0.15, 0.2) is 24.3 Å². The molecule has 0 radical (unpaired) electrons. The van der Waals surface area contributed by atoms with Gasteiger partial charge in [-0.15, -0.1) is 0 Å². The molecule has 0 atom stereocenters. The molecule has 0 bridgehead atoms. The first-order chi connectivity index (χ1) is 10.8. The number of hydrogen-bond acceptors (Lipinski definition) is 2. The maximum Gasteiger partial charge on any atom is 0.211 e. The van der Waals surface area contributed by atoms with Crippen LogP contribution in [0.4, 0.5) is 5.69 Å². The number of benzene rings is 1. The molecule has 0 unspecified atom stereocenters. The molecule has 3 nitrogen and oxygen atoms in total. The van der Waals surface area contributed by atoms with Crippen molar-refractivity contribution in [2.45, 2.75) is 73.1 Å². The Bertz CT molecular complexity index is 389. The van der Waals surface area contributed by atoms with Crippen molar-refractivity contribution < 1.29 is 9.59 Å². The third kappa shape index (κ3) is 12.1. The van der Waals surface area contributed by atoms with E-state index < -0.39 is 0 Å². The van der Waals surface area contributed by atoms with Gasteiger partial charge in [0.1, 0.15) is 5.78 Å². The molecule has 22 heavy (non-hydrogen) atoms. The van der Waals surface area contributed by atoms with Gasteiger partial charge in [0.2, 0.25) is 6.41 Å². The number of hydrogen-bond donors (Lipinski definition) is 1. The Morgan fingerprint density at radius 2 is 1.77 bits per heavy atom. The molecule has 0 saturated heterocycles. The molecule has 0 saturated carbocycles. The Hall–Kier alpha value is -1.64. The molecule has 3 heteroatoms. The summed E-state index contributed by atoms with van der Waals surface area (Å²) in [7, 11) is 0. The number of Topliss-reactive ketones (excluding diaryl/α,β-unsaturated/α-hetero) is 1. The van der Waals surface area contributed by atoms with E-state index in [4.69, 9.17) is 0 Å². The molecule has 0 heterocycles. The summed E-state index contributed by atoms with van der Waals surface area (Å²) in [5.74, 6) is 0.354. The molecule has 1 aromatic carbocycles. The summed E-state index contributed by atoms with van der Waals surface area (Å²) in [6, 6.07) is 7.87. The maximum absolute atomic E-state index is 11.1. The summed E-state index contributed by atoms with van der Waals surface area (Å²) < 4.78 is 0. The van der Waals surface area contributed by atoms with Gasteiger partial charge in [-0.3, -0.25) is 9.59 Å². The van der Waals surface area contributed by atoms with Gasteiger partial charge in [-0.05, 0) is 37.0 Å². The van der Waals surface area contributed by atoms with Gasteiger partial charge in [-0.25, -0.2) is 0 Å². The van der Waals surface area contributed by atoms with E-state index >= 15 is 0 Å². The number of nitrogens with one attached hydrogen (secondary N) is 1. The smallest absolute Gasteiger partial charge is 0.211 e. The Balaban J connectivity index is 0. The van der Waals surface area contributed by atoms with Crippen LogP contribution in [0.3, 0.4) is 0 Å². The SMILES string of the molecule is CC.CC.CCC(=O)CCCCCc1cccc(NC=O)c1. The summed E-state index contributed by atoms with van der Waals surface area (Å²) in [6.45, 7) is 9.91. The van der Waals surface area contributed by atoms with Crippen molar-refractivity contribution in [1.29, 1.82) is 0 Å². The van der Waals surface area contributed by atoms with Gasteiger partial charge in [0.25, 0.3) is 0 Å². The van der Waals surface area contributed by atoms with Crippen LogP contribution in [-0.4, -0.2) is 12.2 Å². The largest absolute Gasteiger partial charge is 0.329 e. The van der Waals surface area contributed by atoms with E-state index in [0.29, 0.717) is 25.0 Å². The van der Waals surface area contributed by atoms with Crippen LogP contribution in [0.5, 0.6) is 0 Å². The highest BCUT2D eigenvalue weighted by Gasteiger charge is 1.99. The summed E-state index contributed by atoms with van der Waals surface area (Å²) in [5, 5.41) is 2.65. The Morgan fingerprint density at radius 3 is 2.36 bits per heavy atom. The molecule has 126 valence electrons. The van der Waals surface area contributed by atoms with Crippen molar-refractivity contribution in [3.05, 3.63) is 29.8 Å². The standard InChI is InChI=1S/C15H21NO2.2C2H6/c1-2-15(18)10-5-3-4-7-13-8-6-9-14(11-13)16-12-17;2*1-2/h6,8-9,11-12H,2-5,7,10H2,1H3,(H,16,17);2*1-2H3. The van der Waals surface area contributed by atoms with Gasteiger partial charge in [-0.2, -0.15) is 0 Å². The highest BCUT2D eigenvalue weighted by molar-refractivity contribution is 5.77. The zero-order valence-electron chi connectivity index (χ0n) is 14.9. The third-order valence-electron chi connectivity index (χ3n) is 2.97. The number of aryl methyl sites for hydroxylation is 1. The second-order valence-electron chi connectivity index (χ2n) is 4.42. The highest BCUT2D eigenvalue weighted by atomic mass is 16.1. The lowest BCUT2D eigenvalue weighted by Gasteiger charge is -2.04. The fourth-order valence-electron chi connectivity index (χ4n) is 1.89. The molecule has 0 aliphatic heterocycles. The fraction of sp³-hybridized carbons (Fsp3) is 0.579. The number of carbonyl (C=O) groups excluding carboxylic acids is 2. The van der Waals surface area contributed by atoms with Gasteiger partial charge < -0.3 is 5.32 Å². The van der Waals surface area contributed by atoms with Gasteiger partial charge >= 0.3 is 0 Å². The van der Waals surface area contributed by atoms with Gasteiger partial charge in [0, 0.05) is 18.5 Å². The molecule has 0 fully saturated rings. The average molecular weight is 307 g/mol. The molecule has 1 amide bonds. The Kier molecular flexibility index (Phi) is 17.9. The quantitative estimate of drug-likeness (QED) is 0.491. The van der Waals surface area contributed by atoms with Crippen molar-refractivity contribution in [2.24, 2.45) is 0 Å². The Morgan fingerprint density at radius 1 is 1.09 bits per heavy atom. The summed E-state index contributed by atoms with van der Waals surface area (Å²) in [4.78, 5) is 21.5. The lowest BCUT2D eigenvalue weighted by atomic mass is 10.0. The zero-order valence-corrected chi connectivity index (χ0v) is 14.9. The van der Waals surface area contributed by atoms with Crippen molar-refractivity contribution in [1.82, 2.24) is 0 Å². The molecule has 0 aliphatic carbocycles. The van der Waals surface area contributed by atoms with E-state index in [-0.39, 0.29) is 0 Å². The van der Waals surface area contributed by atoms with Crippen LogP contribution < -0.4 is 5.32 Å². The zero-order chi connectivity index (χ0) is 17.2. The number of anilines is 1. The number of rotatable bonds is 9. The summed E-state index contributed by atoms with van der Waals surface area (Å²) >= 11 is 0. The van der Waals surface area contributed by atoms with Crippen molar-refractivity contribution in [2.75, 3.05) is 5.32 Å². The molecule has 1 rings (SSSR count). The molecular weight excluding hydrogens is 274 g/mol. The number of ketones is 1. The molecule has 0 spiro atoms. The van der Waals surface area contributed by atoms with Crippen LogP contribution in [0.1, 0.15) is 72.3 Å². The topological polar surface area (TPSA) is 46.2 Å². The monoisotopic (exact) mass is 307 g/mol. The minimum atomic E-state index is 0.354. The first-order valence-electron chi connectivity index (χ1n) is 8.57. The highest BCUT2D eigenvalue weighted by Crippen LogP contribution is 2.13. The van der Waals surface area contributed by atoms with E-state index in [1.807, 2.05) is 52.8 Å². The van der Waals surface area contributed by atoms with E-state index in [1.165, 1.54) is 5.56 Å². The van der Waals surface area contributed by atoms with Crippen molar-refractivity contribution in [3.63, 3.8) is 0 Å². The van der Waals surface area contributed by atoms with Crippen LogP contribution in [0.25, 0.3) is 0 Å². The number of carbonyl (C=O) groups is 2. The second-order valence-corrected chi connectivity index (χ2v) is 4.42. The Labute approximate surface area is 136 Å². The minimum absolute atomic E-state index is 0.354. The molecular formula is C19H33NO2. The normalized spacial score (nSPS) is 8.77. The van der Waals surface area contributed by atoms with Crippen LogP contribution in [-0.2, 0) is 16.0 Å². The number of amides is 1. The van der Waals surface area contributed by atoms with E-state index in [0.717, 1.165) is 31.4 Å². The molecule has 1 aromatic rings. The van der Waals surface area contributed by atoms with Gasteiger partial charge in [-0.1, -0.05) is 53.2 Å². The predicted molar refractivity (Wildman–Crippen MR) is 96.3 cm³/mol. The average Bonchev–Trinajstić information content (AvgIpc) is 2.58. The minimum Gasteiger partial charge on any atom is -0.329 e. The van der Waals surface area contributed by atoms with Gasteiger partial charge in [0.15, 0.2) is 0 Å². The van der Waals surface area contributed by atoms with Crippen LogP contribution in [0.2, 0.25) is 0 Å². The van der Waals surface area contributed by atoms with Crippen LogP contribution in [0, 0.1) is 0 Å². The number of unbranched alkanes of at least 4 members (excludes halogenated alkanes) is 2. The summed E-state index contributed by atoms with van der Waals surface area (Å²) in [6.07, 6.45) is 6.20. The van der Waals surface area contributed by atoms with Crippen molar-refractivity contribution in [3.8, 4) is 0 Å². The first kappa shape index (κ1) is 22.6. The van der Waals surface area contributed by atoms with E-state index in [1.54, 1.807) is 0 Å². The second kappa shape index (κ2) is 17.4. The maximum atomic E-state index is 11.1. The third-order valence-corrected chi connectivity index (χ3v) is 2.97. The summed E-state index contributed by atoms with van der Waals surface area (Å²) in [5.41, 5.74) is 2.06. The lowest BCUT2D eigenvalue weighted by molar-refractivity contribution is -0.118. The van der Waals surface area contributed by atoms with Crippen molar-refractivity contribution >= 4 is 17.9 Å². The molecule has 1 N–H and O–H groups in total. The fourth-order valence-corrected chi connectivity index (χ4v) is 1.89.